The lowest BCUT2D eigenvalue weighted by molar-refractivity contribution is 0.655. The second kappa shape index (κ2) is 4.08. The Morgan fingerprint density at radius 2 is 2.06 bits per heavy atom. The van der Waals surface area contributed by atoms with Crippen LogP contribution in [0, 0.1) is 3.57 Å². The van der Waals surface area contributed by atoms with Crippen LogP contribution in [0.4, 0.5) is 0 Å². The summed E-state index contributed by atoms with van der Waals surface area (Å²) in [7, 11) is 0. The van der Waals surface area contributed by atoms with Crippen LogP contribution in [0.3, 0.4) is 0 Å². The standard InChI is InChI=1S/C15H14I2/c1-15(2)13-7-9(16)3-5-11(13)12-6-4-10(17)8-14(12)15/h3,5-8,10H,4H2,1-2H3. The average molecular weight is 448 g/mol. The molecule has 0 N–H and O–H groups in total. The molecule has 1 atom stereocenters. The molecule has 17 heavy (non-hydrogen) atoms. The van der Waals surface area contributed by atoms with Gasteiger partial charge in [-0.25, -0.2) is 0 Å². The van der Waals surface area contributed by atoms with Crippen LogP contribution in [-0.4, -0.2) is 3.92 Å². The molecule has 2 heteroatoms. The maximum absolute atomic E-state index is 2.53. The Balaban J connectivity index is 2.28. The second-order valence-corrected chi connectivity index (χ2v) is 8.11. The summed E-state index contributed by atoms with van der Waals surface area (Å²) in [5.41, 5.74) is 6.12. The summed E-state index contributed by atoms with van der Waals surface area (Å²) < 4.78 is 1.99. The molecule has 88 valence electrons. The van der Waals surface area contributed by atoms with Gasteiger partial charge in [0.2, 0.25) is 0 Å². The van der Waals surface area contributed by atoms with E-state index in [2.05, 4.69) is 89.4 Å². The first-order chi connectivity index (χ1) is 8.00. The first-order valence-corrected chi connectivity index (χ1v) is 8.20. The molecular formula is C15H14I2. The largest absolute Gasteiger partial charge is 0.0777 e. The van der Waals surface area contributed by atoms with Gasteiger partial charge in [-0.1, -0.05) is 54.7 Å². The number of rotatable bonds is 0. The van der Waals surface area contributed by atoms with E-state index < -0.39 is 0 Å². The van der Waals surface area contributed by atoms with Gasteiger partial charge in [-0.15, -0.1) is 0 Å². The van der Waals surface area contributed by atoms with Gasteiger partial charge in [0.15, 0.2) is 0 Å². The van der Waals surface area contributed by atoms with E-state index in [-0.39, 0.29) is 5.41 Å². The fourth-order valence-electron chi connectivity index (χ4n) is 2.89. The zero-order valence-corrected chi connectivity index (χ0v) is 14.2. The van der Waals surface area contributed by atoms with Crippen molar-refractivity contribution in [2.75, 3.05) is 0 Å². The Bertz CT molecular complexity index is 550. The third-order valence-corrected chi connectivity index (χ3v) is 5.34. The molecule has 1 aromatic carbocycles. The average Bonchev–Trinajstić information content (AvgIpc) is 2.49. The lowest BCUT2D eigenvalue weighted by Gasteiger charge is -2.25. The Morgan fingerprint density at radius 1 is 1.29 bits per heavy atom. The second-order valence-electron chi connectivity index (χ2n) is 5.26. The molecule has 3 rings (SSSR count). The molecule has 0 aliphatic heterocycles. The van der Waals surface area contributed by atoms with E-state index >= 15 is 0 Å². The molecule has 0 radical (unpaired) electrons. The van der Waals surface area contributed by atoms with Gasteiger partial charge in [-0.3, -0.25) is 0 Å². The Kier molecular flexibility index (Phi) is 2.93. The predicted octanol–water partition coefficient (Wildman–Crippen LogP) is 5.10. The molecule has 2 aliphatic carbocycles. The highest BCUT2D eigenvalue weighted by Gasteiger charge is 2.39. The topological polar surface area (TPSA) is 0 Å². The van der Waals surface area contributed by atoms with Gasteiger partial charge in [0.25, 0.3) is 0 Å². The van der Waals surface area contributed by atoms with Crippen molar-refractivity contribution in [3.63, 3.8) is 0 Å². The summed E-state index contributed by atoms with van der Waals surface area (Å²) >= 11 is 4.94. The molecule has 0 heterocycles. The highest BCUT2D eigenvalue weighted by Crippen LogP contribution is 2.51. The number of allylic oxidation sites excluding steroid dienone is 4. The molecule has 2 aliphatic rings. The summed E-state index contributed by atoms with van der Waals surface area (Å²) in [6.07, 6.45) is 6.05. The van der Waals surface area contributed by atoms with Gasteiger partial charge in [0.1, 0.15) is 0 Å². The van der Waals surface area contributed by atoms with Gasteiger partial charge >= 0.3 is 0 Å². The van der Waals surface area contributed by atoms with Crippen molar-refractivity contribution in [3.8, 4) is 0 Å². The van der Waals surface area contributed by atoms with Gasteiger partial charge in [-0.05, 0) is 63.4 Å². The molecule has 1 unspecified atom stereocenters. The molecule has 0 amide bonds. The molecule has 0 spiro atoms. The van der Waals surface area contributed by atoms with E-state index in [4.69, 9.17) is 0 Å². The van der Waals surface area contributed by atoms with E-state index in [0.717, 1.165) is 0 Å². The summed E-state index contributed by atoms with van der Waals surface area (Å²) in [6.45, 7) is 4.70. The summed E-state index contributed by atoms with van der Waals surface area (Å²) in [5.74, 6) is 0. The lowest BCUT2D eigenvalue weighted by Crippen LogP contribution is -2.17. The third-order valence-electron chi connectivity index (χ3n) is 3.80. The number of halogens is 2. The maximum Gasteiger partial charge on any atom is 0.0330 e. The third kappa shape index (κ3) is 1.82. The van der Waals surface area contributed by atoms with Crippen molar-refractivity contribution < 1.29 is 0 Å². The highest BCUT2D eigenvalue weighted by atomic mass is 127. The zero-order valence-electron chi connectivity index (χ0n) is 9.93. The fraction of sp³-hybridized carbons (Fsp3) is 0.333. The van der Waals surface area contributed by atoms with E-state index in [0.29, 0.717) is 3.92 Å². The van der Waals surface area contributed by atoms with E-state index in [9.17, 15) is 0 Å². The van der Waals surface area contributed by atoms with Crippen molar-refractivity contribution in [3.05, 3.63) is 50.6 Å². The zero-order chi connectivity index (χ0) is 12.2. The van der Waals surface area contributed by atoms with Crippen molar-refractivity contribution in [2.24, 2.45) is 0 Å². The van der Waals surface area contributed by atoms with Crippen LogP contribution in [-0.2, 0) is 5.41 Å². The number of fused-ring (bicyclic) bond motifs is 3. The summed E-state index contributed by atoms with van der Waals surface area (Å²) in [6, 6.07) is 6.85. The SMILES string of the molecule is CC1(C)C2=CC(I)CC=C2c2ccc(I)cc21. The van der Waals surface area contributed by atoms with Crippen LogP contribution in [0.2, 0.25) is 0 Å². The van der Waals surface area contributed by atoms with Crippen molar-refractivity contribution in [1.29, 1.82) is 0 Å². The fourth-order valence-corrected chi connectivity index (χ4v) is 4.00. The molecule has 0 bridgehead atoms. The quantitative estimate of drug-likeness (QED) is 0.383. The van der Waals surface area contributed by atoms with Crippen molar-refractivity contribution >= 4 is 50.8 Å². The Labute approximate surface area is 130 Å². The van der Waals surface area contributed by atoms with E-state index in [1.165, 1.54) is 32.3 Å². The van der Waals surface area contributed by atoms with Crippen LogP contribution in [0.1, 0.15) is 31.4 Å². The monoisotopic (exact) mass is 448 g/mol. The molecule has 0 saturated heterocycles. The number of alkyl halides is 1. The van der Waals surface area contributed by atoms with Crippen molar-refractivity contribution in [2.45, 2.75) is 29.6 Å². The minimum atomic E-state index is 0.173. The summed E-state index contributed by atoms with van der Waals surface area (Å²) in [5, 5.41) is 0. The van der Waals surface area contributed by atoms with E-state index in [1.54, 1.807) is 0 Å². The smallest absolute Gasteiger partial charge is 0.0330 e. The lowest BCUT2D eigenvalue weighted by atomic mass is 9.80. The van der Waals surface area contributed by atoms with Crippen molar-refractivity contribution in [1.82, 2.24) is 0 Å². The Hall–Kier alpha value is 0.160. The molecule has 1 aromatic rings. The van der Waals surface area contributed by atoms with Crippen LogP contribution in [0.25, 0.3) is 5.57 Å². The van der Waals surface area contributed by atoms with Gasteiger partial charge in [0, 0.05) is 12.9 Å². The maximum atomic E-state index is 2.53. The minimum absolute atomic E-state index is 0.173. The van der Waals surface area contributed by atoms with Crippen LogP contribution >= 0.6 is 45.2 Å². The molecule has 0 aromatic heterocycles. The van der Waals surface area contributed by atoms with Crippen LogP contribution in [0.5, 0.6) is 0 Å². The predicted molar refractivity (Wildman–Crippen MR) is 90.7 cm³/mol. The highest BCUT2D eigenvalue weighted by molar-refractivity contribution is 14.1. The minimum Gasteiger partial charge on any atom is -0.0777 e. The first-order valence-electron chi connectivity index (χ1n) is 5.87. The van der Waals surface area contributed by atoms with E-state index in [1.807, 2.05) is 0 Å². The normalized spacial score (nSPS) is 24.8. The van der Waals surface area contributed by atoms with Gasteiger partial charge in [-0.2, -0.15) is 0 Å². The Morgan fingerprint density at radius 3 is 2.82 bits per heavy atom. The first kappa shape index (κ1) is 12.2. The summed E-state index contributed by atoms with van der Waals surface area (Å²) in [4.78, 5) is 0. The molecular weight excluding hydrogens is 434 g/mol. The number of benzene rings is 1. The number of hydrogen-bond donors (Lipinski definition) is 0. The van der Waals surface area contributed by atoms with Crippen LogP contribution in [0.15, 0.2) is 35.9 Å². The van der Waals surface area contributed by atoms with Gasteiger partial charge < -0.3 is 0 Å². The number of hydrogen-bond acceptors (Lipinski definition) is 0. The van der Waals surface area contributed by atoms with Crippen LogP contribution < -0.4 is 0 Å². The molecule has 0 saturated carbocycles. The molecule has 0 fully saturated rings. The molecule has 0 nitrogen and oxygen atoms in total. The van der Waals surface area contributed by atoms with Gasteiger partial charge in [0.05, 0.1) is 0 Å².